The van der Waals surface area contributed by atoms with Gasteiger partial charge in [0.1, 0.15) is 13.2 Å². The highest BCUT2D eigenvalue weighted by atomic mass is 16.7. The molecule has 0 saturated heterocycles. The number of H-pyrrole nitrogens is 1. The lowest BCUT2D eigenvalue weighted by Gasteiger charge is -2.17. The maximum Gasteiger partial charge on any atom is 0.309 e. The van der Waals surface area contributed by atoms with Gasteiger partial charge in [0.05, 0.1) is 37.3 Å². The molecule has 35 heavy (non-hydrogen) atoms. The summed E-state index contributed by atoms with van der Waals surface area (Å²) < 4.78 is 15.3. The number of hydrogen-bond donors (Lipinski definition) is 1. The minimum atomic E-state index is -0.690. The van der Waals surface area contributed by atoms with E-state index in [1.54, 1.807) is 20.0 Å². The molecule has 0 saturated carbocycles. The van der Waals surface area contributed by atoms with Crippen molar-refractivity contribution < 1.29 is 33.4 Å². The molecule has 1 heterocycles. The Morgan fingerprint density at radius 1 is 1.09 bits per heavy atom. The summed E-state index contributed by atoms with van der Waals surface area (Å²) in [5.74, 6) is -1.44. The van der Waals surface area contributed by atoms with Crippen LogP contribution in [0, 0.1) is 16.7 Å². The van der Waals surface area contributed by atoms with Crippen LogP contribution in [0.5, 0.6) is 0 Å². The fraction of sp³-hybridized carbons (Fsp3) is 0.583. The number of ether oxygens (including phenoxy) is 3. The van der Waals surface area contributed by atoms with Crippen molar-refractivity contribution in [3.8, 4) is 0 Å². The smallest absolute Gasteiger partial charge is 0.309 e. The van der Waals surface area contributed by atoms with Gasteiger partial charge in [-0.05, 0) is 44.2 Å². The summed E-state index contributed by atoms with van der Waals surface area (Å²) in [6.45, 7) is 9.84. The van der Waals surface area contributed by atoms with Gasteiger partial charge in [-0.2, -0.15) is 5.10 Å². The predicted molar refractivity (Wildman–Crippen MR) is 128 cm³/mol. The van der Waals surface area contributed by atoms with Crippen LogP contribution in [0.3, 0.4) is 0 Å². The summed E-state index contributed by atoms with van der Waals surface area (Å²) in [7, 11) is 0. The van der Waals surface area contributed by atoms with Gasteiger partial charge in [0.25, 0.3) is 0 Å². The lowest BCUT2D eigenvalue weighted by Crippen LogP contribution is -2.24. The molecule has 194 valence electrons. The zero-order chi connectivity index (χ0) is 26.2. The van der Waals surface area contributed by atoms with Crippen LogP contribution in [0.25, 0.3) is 10.9 Å². The number of nitrogens with one attached hydrogen (secondary N) is 1. The van der Waals surface area contributed by atoms with Gasteiger partial charge in [0, 0.05) is 17.9 Å². The van der Waals surface area contributed by atoms with E-state index in [0.29, 0.717) is 12.5 Å². The summed E-state index contributed by atoms with van der Waals surface area (Å²) in [6.07, 6.45) is 2.71. The number of fused-ring (bicyclic) bond motifs is 1. The highest BCUT2D eigenvalue weighted by Crippen LogP contribution is 2.26. The number of rotatable bonds is 13. The number of carbonyl (C=O) groups excluding carboxylic acids is 3. The van der Waals surface area contributed by atoms with E-state index in [2.05, 4.69) is 34.2 Å². The maximum absolute atomic E-state index is 12.3. The first-order chi connectivity index (χ1) is 16.7. The second kappa shape index (κ2) is 16.2. The van der Waals surface area contributed by atoms with Crippen molar-refractivity contribution in [3.05, 3.63) is 34.4 Å². The van der Waals surface area contributed by atoms with E-state index < -0.39 is 23.8 Å². The molecule has 0 unspecified atom stereocenters. The first kappa shape index (κ1) is 29.5. The third-order valence-electron chi connectivity index (χ3n) is 4.90. The summed E-state index contributed by atoms with van der Waals surface area (Å²) in [6, 6.07) is 3.66. The van der Waals surface area contributed by atoms with Gasteiger partial charge < -0.3 is 19.0 Å². The van der Waals surface area contributed by atoms with Crippen molar-refractivity contribution in [2.24, 2.45) is 17.2 Å². The van der Waals surface area contributed by atoms with E-state index in [-0.39, 0.29) is 32.7 Å². The molecule has 0 bridgehead atoms. The molecule has 11 nitrogen and oxygen atoms in total. The average molecular weight is 494 g/mol. The van der Waals surface area contributed by atoms with Crippen molar-refractivity contribution in [1.82, 2.24) is 10.2 Å². The number of nitrogens with zero attached hydrogens (tertiary/aromatic N) is 2. The summed E-state index contributed by atoms with van der Waals surface area (Å²) in [5.41, 5.74) is 2.32. The van der Waals surface area contributed by atoms with E-state index in [0.717, 1.165) is 28.5 Å². The van der Waals surface area contributed by atoms with Crippen molar-refractivity contribution in [2.45, 2.75) is 60.5 Å². The van der Waals surface area contributed by atoms with E-state index in [4.69, 9.17) is 14.2 Å². The molecular formula is C24H35N3O8. The summed E-state index contributed by atoms with van der Waals surface area (Å²) in [5, 5.41) is 9.94. The van der Waals surface area contributed by atoms with Gasteiger partial charge in [-0.1, -0.05) is 19.9 Å². The highest BCUT2D eigenvalue weighted by Gasteiger charge is 2.26. The third kappa shape index (κ3) is 11.0. The van der Waals surface area contributed by atoms with Gasteiger partial charge in [0.15, 0.2) is 5.34 Å². The maximum atomic E-state index is 12.3. The highest BCUT2D eigenvalue weighted by molar-refractivity contribution is 5.84. The van der Waals surface area contributed by atoms with Crippen LogP contribution < -0.4 is 0 Å². The molecule has 1 aromatic heterocycles. The molecule has 1 atom stereocenters. The first-order valence-corrected chi connectivity index (χ1v) is 11.6. The lowest BCUT2D eigenvalue weighted by molar-refractivity contribution is -0.154. The van der Waals surface area contributed by atoms with Crippen molar-refractivity contribution >= 4 is 28.8 Å². The zero-order valence-corrected chi connectivity index (χ0v) is 21.0. The Balaban J connectivity index is 0.000000658. The summed E-state index contributed by atoms with van der Waals surface area (Å²) >= 11 is 0. The van der Waals surface area contributed by atoms with Gasteiger partial charge >= 0.3 is 17.9 Å². The fourth-order valence-corrected chi connectivity index (χ4v) is 3.17. The molecule has 0 aliphatic rings. The zero-order valence-electron chi connectivity index (χ0n) is 21.0. The number of hydrogen-bond acceptors (Lipinski definition) is 10. The average Bonchev–Trinajstić information content (AvgIpc) is 3.27. The van der Waals surface area contributed by atoms with Gasteiger partial charge in [0.2, 0.25) is 0 Å². The quantitative estimate of drug-likeness (QED) is 0.144. The molecule has 1 N–H and O–H groups in total. The standard InChI is InChI=1S/C19H24N2O6.C5H11NO2/c1-4-25-18(23)9-14(19(24)26-5-2)8-13-6-7-17-15(10-20-21-17)16(13)11-27-12(3)22;1-5(2)3-4-8-6-7/h6-7,10,14H,4-5,8-9,11H2,1-3H3,(H,20,21);5H,3-4H2,1-2H3/t14-;/m1./s1. The minimum absolute atomic E-state index is 0.0521. The Morgan fingerprint density at radius 3 is 2.40 bits per heavy atom. The lowest BCUT2D eigenvalue weighted by atomic mass is 9.92. The monoisotopic (exact) mass is 493 g/mol. The third-order valence-corrected chi connectivity index (χ3v) is 4.90. The molecular weight excluding hydrogens is 458 g/mol. The Hall–Kier alpha value is -3.50. The van der Waals surface area contributed by atoms with E-state index in [1.807, 2.05) is 12.1 Å². The van der Waals surface area contributed by atoms with Crippen molar-refractivity contribution in [1.29, 1.82) is 0 Å². The van der Waals surface area contributed by atoms with Crippen LogP contribution in [0.2, 0.25) is 0 Å². The minimum Gasteiger partial charge on any atom is -0.466 e. The van der Waals surface area contributed by atoms with Crippen LogP contribution in [-0.2, 0) is 46.5 Å². The van der Waals surface area contributed by atoms with E-state index in [1.165, 1.54) is 6.92 Å². The number of aromatic amines is 1. The largest absolute Gasteiger partial charge is 0.466 e. The SMILES string of the molecule is CC(C)CCON=O.CCOC(=O)C[C@@H](Cc1ccc2[nH]ncc2c1COC(C)=O)C(=O)OCC. The van der Waals surface area contributed by atoms with Crippen LogP contribution in [-0.4, -0.2) is 47.9 Å². The van der Waals surface area contributed by atoms with E-state index >= 15 is 0 Å². The van der Waals surface area contributed by atoms with Gasteiger partial charge in [-0.25, -0.2) is 0 Å². The molecule has 0 amide bonds. The number of carbonyl (C=O) groups is 3. The number of benzene rings is 1. The first-order valence-electron chi connectivity index (χ1n) is 11.6. The normalized spacial score (nSPS) is 11.3. The Morgan fingerprint density at radius 2 is 1.80 bits per heavy atom. The van der Waals surface area contributed by atoms with Crippen LogP contribution in [0.15, 0.2) is 23.7 Å². The second-order valence-electron chi connectivity index (χ2n) is 8.07. The van der Waals surface area contributed by atoms with Gasteiger partial charge in [-0.3, -0.25) is 19.5 Å². The molecule has 2 rings (SSSR count). The Kier molecular flexibility index (Phi) is 13.7. The molecule has 0 fully saturated rings. The van der Waals surface area contributed by atoms with Crippen molar-refractivity contribution in [3.63, 3.8) is 0 Å². The Bertz CT molecular complexity index is 957. The molecule has 0 spiro atoms. The molecule has 1 aromatic carbocycles. The Labute approximate surface area is 204 Å². The molecule has 0 aliphatic heterocycles. The topological polar surface area (TPSA) is 146 Å². The van der Waals surface area contributed by atoms with E-state index in [9.17, 15) is 19.3 Å². The molecule has 11 heteroatoms. The molecule has 0 radical (unpaired) electrons. The van der Waals surface area contributed by atoms with Crippen LogP contribution in [0.4, 0.5) is 0 Å². The van der Waals surface area contributed by atoms with Crippen molar-refractivity contribution in [2.75, 3.05) is 19.8 Å². The molecule has 0 aliphatic carbocycles. The van der Waals surface area contributed by atoms with Gasteiger partial charge in [-0.15, -0.1) is 4.91 Å². The fourth-order valence-electron chi connectivity index (χ4n) is 3.17. The second-order valence-corrected chi connectivity index (χ2v) is 8.07. The molecule has 2 aromatic rings. The number of aromatic nitrogens is 2. The summed E-state index contributed by atoms with van der Waals surface area (Å²) in [4.78, 5) is 49.0. The number of esters is 3. The predicted octanol–water partition coefficient (Wildman–Crippen LogP) is 4.03. The van der Waals surface area contributed by atoms with Crippen LogP contribution >= 0.6 is 0 Å². The van der Waals surface area contributed by atoms with Crippen LogP contribution in [0.1, 0.15) is 58.6 Å².